The van der Waals surface area contributed by atoms with Crippen LogP contribution in [0.15, 0.2) is 36.5 Å². The molecule has 2 aromatic heterocycles. The zero-order valence-corrected chi connectivity index (χ0v) is 13.3. The Balaban J connectivity index is 1.91. The Morgan fingerprint density at radius 2 is 2.25 bits per heavy atom. The first kappa shape index (κ1) is 15.9. The summed E-state index contributed by atoms with van der Waals surface area (Å²) >= 11 is 0. The summed E-state index contributed by atoms with van der Waals surface area (Å²) in [6.07, 6.45) is 1.53. The molecule has 1 aromatic carbocycles. The van der Waals surface area contributed by atoms with Gasteiger partial charge in [-0.1, -0.05) is 18.2 Å². The van der Waals surface area contributed by atoms with Crippen LogP contribution >= 0.6 is 0 Å². The number of methoxy groups -OCH3 is 1. The van der Waals surface area contributed by atoms with Crippen LogP contribution in [0, 0.1) is 11.3 Å². The number of nitrogens with zero attached hydrogens (tertiary/aromatic N) is 3. The molecule has 1 atom stereocenters. The van der Waals surface area contributed by atoms with Gasteiger partial charge in [-0.2, -0.15) is 5.26 Å². The van der Waals surface area contributed by atoms with Gasteiger partial charge in [0, 0.05) is 30.6 Å². The number of aromatic amines is 1. The molecule has 2 heterocycles. The van der Waals surface area contributed by atoms with Gasteiger partial charge in [0.1, 0.15) is 17.6 Å². The lowest BCUT2D eigenvalue weighted by Gasteiger charge is -2.12. The van der Waals surface area contributed by atoms with Gasteiger partial charge in [0.05, 0.1) is 18.5 Å². The SMILES string of the molecule is COC[C@H](N)CNc1cnc(C#N)c(-c2cc3ccccc3[nH]2)n1. The second kappa shape index (κ2) is 7.08. The first-order valence-electron chi connectivity index (χ1n) is 7.55. The molecule has 0 unspecified atom stereocenters. The highest BCUT2D eigenvalue weighted by Crippen LogP contribution is 2.25. The van der Waals surface area contributed by atoms with Gasteiger partial charge in [-0.3, -0.25) is 0 Å². The lowest BCUT2D eigenvalue weighted by Crippen LogP contribution is -2.33. The zero-order valence-electron chi connectivity index (χ0n) is 13.3. The van der Waals surface area contributed by atoms with E-state index in [4.69, 9.17) is 10.5 Å². The van der Waals surface area contributed by atoms with E-state index in [9.17, 15) is 5.26 Å². The lowest BCUT2D eigenvalue weighted by molar-refractivity contribution is 0.183. The number of nitrogens with one attached hydrogen (secondary N) is 2. The molecule has 0 aliphatic heterocycles. The molecule has 0 fully saturated rings. The molecule has 0 aliphatic rings. The number of fused-ring (bicyclic) bond motifs is 1. The van der Waals surface area contributed by atoms with E-state index >= 15 is 0 Å². The Kier molecular flexibility index (Phi) is 4.70. The molecule has 122 valence electrons. The summed E-state index contributed by atoms with van der Waals surface area (Å²) in [7, 11) is 1.61. The van der Waals surface area contributed by atoms with Gasteiger partial charge in [0.25, 0.3) is 0 Å². The fourth-order valence-corrected chi connectivity index (χ4v) is 2.45. The van der Waals surface area contributed by atoms with E-state index < -0.39 is 0 Å². The average Bonchev–Trinajstić information content (AvgIpc) is 3.04. The zero-order chi connectivity index (χ0) is 16.9. The second-order valence-corrected chi connectivity index (χ2v) is 5.43. The quantitative estimate of drug-likeness (QED) is 0.638. The van der Waals surface area contributed by atoms with Gasteiger partial charge >= 0.3 is 0 Å². The fraction of sp³-hybridized carbons (Fsp3) is 0.235. The number of H-pyrrole nitrogens is 1. The molecule has 4 N–H and O–H groups in total. The van der Waals surface area contributed by atoms with Crippen LogP contribution in [0.25, 0.3) is 22.3 Å². The van der Waals surface area contributed by atoms with E-state index in [1.54, 1.807) is 7.11 Å². The van der Waals surface area contributed by atoms with Gasteiger partial charge in [-0.05, 0) is 12.1 Å². The van der Waals surface area contributed by atoms with Crippen LogP contribution in [-0.4, -0.2) is 41.3 Å². The van der Waals surface area contributed by atoms with Gasteiger partial charge in [-0.25, -0.2) is 9.97 Å². The third-order valence-corrected chi connectivity index (χ3v) is 3.59. The Morgan fingerprint density at radius 3 is 3.00 bits per heavy atom. The van der Waals surface area contributed by atoms with Crippen molar-refractivity contribution in [3.05, 3.63) is 42.2 Å². The summed E-state index contributed by atoms with van der Waals surface area (Å²) in [5.74, 6) is 0.564. The standard InChI is InChI=1S/C17H18N6O/c1-24-10-12(19)8-21-16-9-20-15(7-18)17(23-16)14-6-11-4-2-3-5-13(11)22-14/h2-6,9,12,22H,8,10,19H2,1H3,(H,21,23)/t12-/m1/s1. The van der Waals surface area contributed by atoms with Gasteiger partial charge in [-0.15, -0.1) is 0 Å². The number of rotatable bonds is 6. The van der Waals surface area contributed by atoms with Gasteiger partial charge < -0.3 is 20.8 Å². The maximum absolute atomic E-state index is 9.31. The Morgan fingerprint density at radius 1 is 1.42 bits per heavy atom. The summed E-state index contributed by atoms with van der Waals surface area (Å²) in [6.45, 7) is 0.951. The molecular formula is C17H18N6O. The van der Waals surface area contributed by atoms with Crippen LogP contribution in [0.1, 0.15) is 5.69 Å². The molecule has 0 radical (unpaired) electrons. The number of aromatic nitrogens is 3. The first-order chi connectivity index (χ1) is 11.7. The van der Waals surface area contributed by atoms with Gasteiger partial charge in [0.2, 0.25) is 0 Å². The van der Waals surface area contributed by atoms with Crippen molar-refractivity contribution in [2.24, 2.45) is 5.73 Å². The van der Waals surface area contributed by atoms with Crippen molar-refractivity contribution in [2.75, 3.05) is 25.6 Å². The maximum Gasteiger partial charge on any atom is 0.168 e. The number of para-hydroxylation sites is 1. The van der Waals surface area contributed by atoms with E-state index in [0.717, 1.165) is 16.6 Å². The van der Waals surface area contributed by atoms with Crippen molar-refractivity contribution in [3.8, 4) is 17.5 Å². The number of nitrogens with two attached hydrogens (primary N) is 1. The molecule has 0 amide bonds. The monoisotopic (exact) mass is 322 g/mol. The highest BCUT2D eigenvalue weighted by atomic mass is 16.5. The topological polar surface area (TPSA) is 113 Å². The molecule has 0 saturated heterocycles. The van der Waals surface area contributed by atoms with Gasteiger partial charge in [0.15, 0.2) is 5.69 Å². The normalized spacial score (nSPS) is 12.0. The number of nitriles is 1. The van der Waals surface area contributed by atoms with Crippen LogP contribution in [0.5, 0.6) is 0 Å². The van der Waals surface area contributed by atoms with Crippen LogP contribution < -0.4 is 11.1 Å². The minimum Gasteiger partial charge on any atom is -0.383 e. The number of hydrogen-bond acceptors (Lipinski definition) is 6. The molecule has 0 saturated carbocycles. The van der Waals surface area contributed by atoms with Crippen molar-refractivity contribution >= 4 is 16.7 Å². The summed E-state index contributed by atoms with van der Waals surface area (Å²) < 4.78 is 5.01. The number of hydrogen-bond donors (Lipinski definition) is 3. The Labute approximate surface area is 139 Å². The van der Waals surface area contributed by atoms with Crippen LogP contribution in [0.4, 0.5) is 5.82 Å². The molecule has 7 heteroatoms. The molecule has 0 aliphatic carbocycles. The fourth-order valence-electron chi connectivity index (χ4n) is 2.45. The molecule has 3 rings (SSSR count). The van der Waals surface area contributed by atoms with Crippen molar-refractivity contribution in [2.45, 2.75) is 6.04 Å². The highest BCUT2D eigenvalue weighted by molar-refractivity contribution is 5.85. The third kappa shape index (κ3) is 3.35. The number of benzene rings is 1. The summed E-state index contributed by atoms with van der Waals surface area (Å²) in [6, 6.07) is 11.8. The Hall–Kier alpha value is -2.95. The highest BCUT2D eigenvalue weighted by Gasteiger charge is 2.13. The Bertz CT molecular complexity index is 849. The second-order valence-electron chi connectivity index (χ2n) is 5.43. The average molecular weight is 322 g/mol. The number of ether oxygens (including phenoxy) is 1. The molecule has 3 aromatic rings. The van der Waals surface area contributed by atoms with E-state index in [-0.39, 0.29) is 11.7 Å². The predicted octanol–water partition coefficient (Wildman–Crippen LogP) is 1.88. The molecule has 24 heavy (non-hydrogen) atoms. The van der Waals surface area contributed by atoms with E-state index in [0.29, 0.717) is 24.7 Å². The van der Waals surface area contributed by atoms with Crippen molar-refractivity contribution in [1.82, 2.24) is 15.0 Å². The summed E-state index contributed by atoms with van der Waals surface area (Å²) in [5, 5.41) is 13.5. The van der Waals surface area contributed by atoms with Crippen molar-refractivity contribution < 1.29 is 4.74 Å². The molecule has 0 spiro atoms. The molecule has 7 nitrogen and oxygen atoms in total. The predicted molar refractivity (Wildman–Crippen MR) is 92.4 cm³/mol. The van der Waals surface area contributed by atoms with Crippen molar-refractivity contribution in [3.63, 3.8) is 0 Å². The number of anilines is 1. The summed E-state index contributed by atoms with van der Waals surface area (Å²) in [4.78, 5) is 12.0. The van der Waals surface area contributed by atoms with Crippen LogP contribution in [-0.2, 0) is 4.74 Å². The minimum atomic E-state index is -0.149. The smallest absolute Gasteiger partial charge is 0.168 e. The van der Waals surface area contributed by atoms with Crippen molar-refractivity contribution in [1.29, 1.82) is 5.26 Å². The minimum absolute atomic E-state index is 0.149. The lowest BCUT2D eigenvalue weighted by atomic mass is 10.2. The summed E-state index contributed by atoms with van der Waals surface area (Å²) in [5.41, 5.74) is 8.42. The largest absolute Gasteiger partial charge is 0.383 e. The van der Waals surface area contributed by atoms with E-state index in [2.05, 4.69) is 26.3 Å². The maximum atomic E-state index is 9.31. The van der Waals surface area contributed by atoms with Crippen LogP contribution in [0.2, 0.25) is 0 Å². The first-order valence-corrected chi connectivity index (χ1v) is 7.55. The van der Waals surface area contributed by atoms with E-state index in [1.165, 1.54) is 6.20 Å². The third-order valence-electron chi connectivity index (χ3n) is 3.59. The van der Waals surface area contributed by atoms with Crippen LogP contribution in [0.3, 0.4) is 0 Å². The van der Waals surface area contributed by atoms with E-state index in [1.807, 2.05) is 30.3 Å². The molecular weight excluding hydrogens is 304 g/mol. The molecule has 0 bridgehead atoms.